The fourth-order valence-electron chi connectivity index (χ4n) is 2.37. The number of quaternary nitrogens is 1. The summed E-state index contributed by atoms with van der Waals surface area (Å²) < 4.78 is 167. The minimum atomic E-state index is -7.52. The molecule has 16 heteroatoms. The van der Waals surface area contributed by atoms with E-state index in [2.05, 4.69) is 27.7 Å². The molecule has 0 aliphatic heterocycles. The fraction of sp³-hybridized carbons (Fsp3) is 1.00. The molecule has 190 valence electrons. The first-order valence-electron chi connectivity index (χ1n) is 8.83. The number of rotatable bonds is 10. The predicted molar refractivity (Wildman–Crippen MR) is 87.2 cm³/mol. The molecule has 0 saturated heterocycles. The van der Waals surface area contributed by atoms with Crippen molar-refractivity contribution in [2.75, 3.05) is 26.2 Å². The van der Waals surface area contributed by atoms with Crippen LogP contribution in [0.15, 0.2) is 0 Å². The van der Waals surface area contributed by atoms with Gasteiger partial charge in [-0.05, 0) is 27.7 Å². The van der Waals surface area contributed by atoms with Gasteiger partial charge >= 0.3 is 29.2 Å². The number of alkyl halides is 11. The van der Waals surface area contributed by atoms with Gasteiger partial charge < -0.3 is 9.04 Å². The first kappa shape index (κ1) is 32.3. The lowest BCUT2D eigenvalue weighted by atomic mass is 10.00. The van der Waals surface area contributed by atoms with Crippen molar-refractivity contribution < 1.29 is 65.7 Å². The van der Waals surface area contributed by atoms with Crippen LogP contribution in [0.1, 0.15) is 40.5 Å². The number of hydrogen-bond donors (Lipinski definition) is 0. The van der Waals surface area contributed by atoms with E-state index in [0.717, 1.165) is 0 Å². The zero-order chi connectivity index (χ0) is 25.7. The van der Waals surface area contributed by atoms with Gasteiger partial charge in [0.1, 0.15) is 0 Å². The molecule has 0 aliphatic carbocycles. The lowest BCUT2D eigenvalue weighted by Gasteiger charge is -2.37. The molecule has 0 atom stereocenters. The normalized spacial score (nSPS) is 14.8. The number of nitrogens with zero attached hydrogens (tertiary/aromatic N) is 1. The molecule has 0 aromatic carbocycles. The third-order valence-corrected chi connectivity index (χ3v) is 5.82. The van der Waals surface area contributed by atoms with E-state index in [9.17, 15) is 61.3 Å². The van der Waals surface area contributed by atoms with Crippen LogP contribution in [0.3, 0.4) is 0 Å². The van der Waals surface area contributed by atoms with E-state index >= 15 is 0 Å². The fourth-order valence-corrected chi connectivity index (χ4v) is 2.81. The molecule has 0 unspecified atom stereocenters. The molecule has 31 heavy (non-hydrogen) atoms. The summed E-state index contributed by atoms with van der Waals surface area (Å²) in [5.41, 5.74) is 0. The maximum atomic E-state index is 12.8. The average molecular weight is 507 g/mol. The average Bonchev–Trinajstić information content (AvgIpc) is 2.61. The second-order valence-electron chi connectivity index (χ2n) is 6.55. The summed E-state index contributed by atoms with van der Waals surface area (Å²) in [7, 11) is -7.52. The highest BCUT2D eigenvalue weighted by Gasteiger charge is 2.82. The summed E-state index contributed by atoms with van der Waals surface area (Å²) in [5.74, 6) is -21.1. The maximum absolute atomic E-state index is 12.8. The smallest absolute Gasteiger partial charge is 0.402 e. The molecule has 0 radical (unpaired) electrons. The van der Waals surface area contributed by atoms with E-state index in [1.165, 1.54) is 30.7 Å². The minimum Gasteiger partial charge on any atom is -0.743 e. The van der Waals surface area contributed by atoms with Crippen LogP contribution < -0.4 is 0 Å². The van der Waals surface area contributed by atoms with Crippen molar-refractivity contribution >= 4 is 10.1 Å². The first-order valence-corrected chi connectivity index (χ1v) is 10.2. The van der Waals surface area contributed by atoms with Crippen LogP contribution >= 0.6 is 0 Å². The van der Waals surface area contributed by atoms with E-state index in [1.54, 1.807) is 0 Å². The highest BCUT2D eigenvalue weighted by Crippen LogP contribution is 2.55. The number of hydrogen-bond acceptors (Lipinski definition) is 3. The van der Waals surface area contributed by atoms with Crippen molar-refractivity contribution in [1.29, 1.82) is 0 Å². The Morgan fingerprint density at radius 3 is 1.16 bits per heavy atom. The van der Waals surface area contributed by atoms with Gasteiger partial charge in [0.2, 0.25) is 0 Å². The van der Waals surface area contributed by atoms with Gasteiger partial charge in [0.25, 0.3) is 0 Å². The predicted octanol–water partition coefficient (Wildman–Crippen LogP) is 5.26. The molecule has 0 rings (SSSR count). The molecule has 0 aliphatic rings. The third kappa shape index (κ3) is 7.30. The van der Waals surface area contributed by atoms with Crippen LogP contribution in [0, 0.1) is 0 Å². The topological polar surface area (TPSA) is 57.2 Å². The third-order valence-electron chi connectivity index (χ3n) is 4.94. The Morgan fingerprint density at radius 1 is 0.645 bits per heavy atom. The van der Waals surface area contributed by atoms with Gasteiger partial charge in [-0.2, -0.15) is 48.3 Å². The first-order chi connectivity index (χ1) is 13.4. The molecule has 0 spiro atoms. The zero-order valence-electron chi connectivity index (χ0n) is 17.0. The molecular formula is C15H24F11NO3S. The van der Waals surface area contributed by atoms with Crippen LogP contribution in [0.2, 0.25) is 0 Å². The highest BCUT2D eigenvalue weighted by atomic mass is 32.2. The summed E-state index contributed by atoms with van der Waals surface area (Å²) in [4.78, 5) is 0. The molecule has 0 heterocycles. The van der Waals surface area contributed by atoms with Gasteiger partial charge in [-0.15, -0.1) is 0 Å². The highest BCUT2D eigenvalue weighted by molar-refractivity contribution is 7.86. The lowest BCUT2D eigenvalue weighted by molar-refractivity contribution is -0.921. The van der Waals surface area contributed by atoms with Crippen LogP contribution in [-0.4, -0.2) is 72.8 Å². The molecule has 0 amide bonds. The molecule has 0 aromatic heterocycles. The quantitative estimate of drug-likeness (QED) is 0.231. The van der Waals surface area contributed by atoms with Gasteiger partial charge in [0, 0.05) is 12.8 Å². The Morgan fingerprint density at radius 2 is 0.968 bits per heavy atom. The van der Waals surface area contributed by atoms with Gasteiger partial charge in [-0.1, -0.05) is 0 Å². The molecular weight excluding hydrogens is 483 g/mol. The van der Waals surface area contributed by atoms with Gasteiger partial charge in [-0.25, -0.2) is 8.42 Å². The second-order valence-corrected chi connectivity index (χ2v) is 7.97. The van der Waals surface area contributed by atoms with Crippen molar-refractivity contribution in [3.8, 4) is 0 Å². The second kappa shape index (κ2) is 10.4. The summed E-state index contributed by atoms with van der Waals surface area (Å²) >= 11 is 0. The van der Waals surface area contributed by atoms with Crippen LogP contribution in [0.4, 0.5) is 48.3 Å². The van der Waals surface area contributed by atoms with Gasteiger partial charge in [-0.3, -0.25) is 0 Å². The Balaban J connectivity index is 0. The van der Waals surface area contributed by atoms with Crippen molar-refractivity contribution in [3.63, 3.8) is 0 Å². The Kier molecular flexibility index (Phi) is 10.8. The van der Waals surface area contributed by atoms with Crippen LogP contribution in [0.5, 0.6) is 0 Å². The standard InChI is InChI=1S/C8H20N.C7H5F11O3S/c1-5-9(6-2,7-3)8-4;8-3(9,1-2-4(10,11)12)5(13,14)6(15,16)7(17,18)22(19,20)21/h5-8H2,1-4H3;1-2H2,(H,19,20,21)/q+1;/p-1. The largest absolute Gasteiger partial charge is 0.743 e. The summed E-state index contributed by atoms with van der Waals surface area (Å²) in [5, 5.41) is -7.18. The van der Waals surface area contributed by atoms with Crippen LogP contribution in [-0.2, 0) is 10.1 Å². The molecule has 0 fully saturated rings. The van der Waals surface area contributed by atoms with E-state index < -0.39 is 52.2 Å². The summed E-state index contributed by atoms with van der Waals surface area (Å²) in [6.07, 6.45) is -11.3. The summed E-state index contributed by atoms with van der Waals surface area (Å²) in [6, 6.07) is 0. The molecule has 0 bridgehead atoms. The maximum Gasteiger partial charge on any atom is 0.402 e. The lowest BCUT2D eigenvalue weighted by Crippen LogP contribution is -2.64. The van der Waals surface area contributed by atoms with Crippen molar-refractivity contribution in [1.82, 2.24) is 0 Å². The van der Waals surface area contributed by atoms with Gasteiger partial charge in [0.05, 0.1) is 26.2 Å². The molecule has 0 saturated carbocycles. The van der Waals surface area contributed by atoms with Crippen molar-refractivity contribution in [2.24, 2.45) is 0 Å². The van der Waals surface area contributed by atoms with Crippen molar-refractivity contribution in [3.05, 3.63) is 0 Å². The van der Waals surface area contributed by atoms with E-state index in [4.69, 9.17) is 0 Å². The Labute approximate surface area is 172 Å². The van der Waals surface area contributed by atoms with Crippen LogP contribution in [0.25, 0.3) is 0 Å². The van der Waals surface area contributed by atoms with E-state index in [1.807, 2.05) is 0 Å². The monoisotopic (exact) mass is 507 g/mol. The minimum absolute atomic E-state index is 1.28. The molecule has 0 aromatic rings. The van der Waals surface area contributed by atoms with Crippen molar-refractivity contribution in [2.45, 2.75) is 69.7 Å². The SMILES string of the molecule is CC[N+](CC)(CC)CC.O=S(=O)([O-])C(F)(F)C(F)(F)C(F)(F)C(F)(F)CCC(F)(F)F. The van der Waals surface area contributed by atoms with Gasteiger partial charge in [0.15, 0.2) is 10.1 Å². The van der Waals surface area contributed by atoms with E-state index in [0.29, 0.717) is 0 Å². The zero-order valence-corrected chi connectivity index (χ0v) is 17.8. The molecule has 4 nitrogen and oxygen atoms in total. The summed E-state index contributed by atoms with van der Waals surface area (Å²) in [6.45, 7) is 14.2. The molecule has 0 N–H and O–H groups in total. The number of halogens is 11. The Hall–Kier alpha value is -0.900. The van der Waals surface area contributed by atoms with E-state index in [-0.39, 0.29) is 0 Å². The Bertz CT molecular complexity index is 642.